The molecule has 24 heavy (non-hydrogen) atoms. The summed E-state index contributed by atoms with van der Waals surface area (Å²) in [6.07, 6.45) is 4.47. The van der Waals surface area contributed by atoms with E-state index in [4.69, 9.17) is 25.4 Å². The first kappa shape index (κ1) is 20.4. The first-order chi connectivity index (χ1) is 11.2. The van der Waals surface area contributed by atoms with Crippen LogP contribution in [-0.2, 0) is 28.5 Å². The fourth-order valence-electron chi connectivity index (χ4n) is 2.65. The molecule has 7 nitrogen and oxygen atoms in total. The molecule has 1 aliphatic rings. The van der Waals surface area contributed by atoms with Crippen LogP contribution in [-0.4, -0.2) is 68.2 Å². The molecule has 0 N–H and O–H groups in total. The molecule has 0 bridgehead atoms. The fourth-order valence-corrected chi connectivity index (χ4v) is 2.65. The molecule has 1 heterocycles. The maximum Gasteiger partial charge on any atom is 0.303 e. The summed E-state index contributed by atoms with van der Waals surface area (Å²) in [6.45, 7) is 4.82. The molecule has 7 heteroatoms. The fraction of sp³-hybridized carbons (Fsp3) is 0.765. The normalized spacial score (nSPS) is 28.0. The highest BCUT2D eigenvalue weighted by Crippen LogP contribution is 2.26. The van der Waals surface area contributed by atoms with Crippen LogP contribution < -0.4 is 0 Å². The van der Waals surface area contributed by atoms with Crippen molar-refractivity contribution in [3.8, 4) is 12.3 Å². The summed E-state index contributed by atoms with van der Waals surface area (Å²) < 4.78 is 21.9. The lowest BCUT2D eigenvalue weighted by molar-refractivity contribution is -0.260. The van der Waals surface area contributed by atoms with Crippen molar-refractivity contribution >= 4 is 11.9 Å². The number of hydrogen-bond donors (Lipinski definition) is 0. The van der Waals surface area contributed by atoms with Gasteiger partial charge in [0.2, 0.25) is 0 Å². The van der Waals surface area contributed by atoms with Crippen LogP contribution in [0.1, 0.15) is 33.6 Å². The smallest absolute Gasteiger partial charge is 0.303 e. The second-order valence-electron chi connectivity index (χ2n) is 6.08. The molecule has 1 saturated heterocycles. The first-order valence-electron chi connectivity index (χ1n) is 7.98. The van der Waals surface area contributed by atoms with Crippen molar-refractivity contribution in [2.45, 2.75) is 64.3 Å². The van der Waals surface area contributed by atoms with Crippen LogP contribution in [0.15, 0.2) is 0 Å². The Labute approximate surface area is 143 Å². The van der Waals surface area contributed by atoms with Crippen LogP contribution >= 0.6 is 0 Å². The van der Waals surface area contributed by atoms with Gasteiger partial charge >= 0.3 is 11.9 Å². The molecule has 1 rings (SSSR count). The Kier molecular flexibility index (Phi) is 8.19. The monoisotopic (exact) mass is 341 g/mol. The molecule has 0 saturated carbocycles. The molecule has 0 radical (unpaired) electrons. The van der Waals surface area contributed by atoms with Crippen molar-refractivity contribution in [1.29, 1.82) is 0 Å². The van der Waals surface area contributed by atoms with Gasteiger partial charge in [-0.3, -0.25) is 9.59 Å². The standard InChI is InChI=1S/C17H27NO6/c1-7-14(23-12(3)19)8-9-21-17-16(24-13(4)20)15(18(5)6)10-11(2)22-17/h1,11,14-17H,8-10H2,2-6H3/t11-,14?,15+,16-,17-/m1/s1. The number of carbonyl (C=O) groups is 2. The number of nitrogens with zero attached hydrogens (tertiary/aromatic N) is 1. The van der Waals surface area contributed by atoms with E-state index < -0.39 is 24.5 Å². The number of likely N-dealkylation sites (N-methyl/N-ethyl adjacent to an activating group) is 1. The quantitative estimate of drug-likeness (QED) is 0.504. The van der Waals surface area contributed by atoms with E-state index >= 15 is 0 Å². The van der Waals surface area contributed by atoms with Gasteiger partial charge in [-0.1, -0.05) is 5.92 Å². The molecule has 0 aromatic carbocycles. The molecule has 1 aliphatic heterocycles. The lowest BCUT2D eigenvalue weighted by atomic mass is 9.99. The number of carbonyl (C=O) groups excluding carboxylic acids is 2. The minimum Gasteiger partial charge on any atom is -0.455 e. The molecule has 0 aromatic heterocycles. The van der Waals surface area contributed by atoms with E-state index in [0.717, 1.165) is 6.42 Å². The maximum atomic E-state index is 11.4. The van der Waals surface area contributed by atoms with Gasteiger partial charge in [-0.05, 0) is 27.4 Å². The minimum atomic E-state index is -0.694. The number of ether oxygens (including phenoxy) is 4. The van der Waals surface area contributed by atoms with Gasteiger partial charge in [0.15, 0.2) is 18.5 Å². The Bertz CT molecular complexity index is 472. The summed E-state index contributed by atoms with van der Waals surface area (Å²) in [6, 6.07) is -0.0143. The zero-order valence-electron chi connectivity index (χ0n) is 15.0. The van der Waals surface area contributed by atoms with Crippen LogP contribution in [0.5, 0.6) is 0 Å². The van der Waals surface area contributed by atoms with Gasteiger partial charge in [0.05, 0.1) is 18.8 Å². The molecule has 0 amide bonds. The predicted molar refractivity (Wildman–Crippen MR) is 86.9 cm³/mol. The lowest BCUT2D eigenvalue weighted by Gasteiger charge is -2.42. The van der Waals surface area contributed by atoms with Crippen LogP contribution in [0.25, 0.3) is 0 Å². The summed E-state index contributed by atoms with van der Waals surface area (Å²) in [7, 11) is 3.84. The summed E-state index contributed by atoms with van der Waals surface area (Å²) in [5, 5.41) is 0. The molecule has 1 fully saturated rings. The van der Waals surface area contributed by atoms with E-state index in [-0.39, 0.29) is 24.7 Å². The van der Waals surface area contributed by atoms with Gasteiger partial charge in [-0.15, -0.1) is 6.42 Å². The van der Waals surface area contributed by atoms with Gasteiger partial charge in [-0.2, -0.15) is 0 Å². The summed E-state index contributed by atoms with van der Waals surface area (Å²) in [4.78, 5) is 24.4. The molecular weight excluding hydrogens is 314 g/mol. The van der Waals surface area contributed by atoms with Crippen LogP contribution in [0.4, 0.5) is 0 Å². The minimum absolute atomic E-state index is 0.0143. The molecule has 0 aromatic rings. The third kappa shape index (κ3) is 6.48. The average Bonchev–Trinajstić information content (AvgIpc) is 2.47. The molecule has 5 atom stereocenters. The van der Waals surface area contributed by atoms with E-state index in [0.29, 0.717) is 6.42 Å². The summed E-state index contributed by atoms with van der Waals surface area (Å²) in [5.41, 5.74) is 0. The summed E-state index contributed by atoms with van der Waals surface area (Å²) in [5.74, 6) is 1.57. The summed E-state index contributed by atoms with van der Waals surface area (Å²) >= 11 is 0. The van der Waals surface area contributed by atoms with Crippen molar-refractivity contribution in [2.75, 3.05) is 20.7 Å². The highest BCUT2D eigenvalue weighted by molar-refractivity contribution is 5.66. The third-order valence-corrected chi connectivity index (χ3v) is 3.71. The topological polar surface area (TPSA) is 74.3 Å². The van der Waals surface area contributed by atoms with Gasteiger partial charge < -0.3 is 23.8 Å². The van der Waals surface area contributed by atoms with Gasteiger partial charge in [0, 0.05) is 20.3 Å². The lowest BCUT2D eigenvalue weighted by Crippen LogP contribution is -2.55. The molecule has 0 aliphatic carbocycles. The maximum absolute atomic E-state index is 11.4. The van der Waals surface area contributed by atoms with Crippen LogP contribution in [0, 0.1) is 12.3 Å². The van der Waals surface area contributed by atoms with Gasteiger partial charge in [0.1, 0.15) is 0 Å². The zero-order chi connectivity index (χ0) is 18.3. The predicted octanol–water partition coefficient (Wildman–Crippen LogP) is 0.955. The average molecular weight is 341 g/mol. The number of hydrogen-bond acceptors (Lipinski definition) is 7. The van der Waals surface area contributed by atoms with E-state index in [9.17, 15) is 9.59 Å². The Balaban J connectivity index is 2.68. The zero-order valence-corrected chi connectivity index (χ0v) is 15.0. The Morgan fingerprint density at radius 1 is 1.33 bits per heavy atom. The molecular formula is C17H27NO6. The van der Waals surface area contributed by atoms with Crippen molar-refractivity contribution in [3.63, 3.8) is 0 Å². The second kappa shape index (κ2) is 9.62. The first-order valence-corrected chi connectivity index (χ1v) is 7.98. The van der Waals surface area contributed by atoms with Gasteiger partial charge in [-0.25, -0.2) is 0 Å². The van der Waals surface area contributed by atoms with E-state index in [1.54, 1.807) is 0 Å². The number of terminal acetylenes is 1. The van der Waals surface area contributed by atoms with Crippen molar-refractivity contribution < 1.29 is 28.5 Å². The van der Waals surface area contributed by atoms with E-state index in [1.165, 1.54) is 13.8 Å². The van der Waals surface area contributed by atoms with E-state index in [2.05, 4.69) is 5.92 Å². The van der Waals surface area contributed by atoms with Crippen LogP contribution in [0.2, 0.25) is 0 Å². The van der Waals surface area contributed by atoms with Crippen molar-refractivity contribution in [1.82, 2.24) is 4.90 Å². The SMILES string of the molecule is C#CC(CCO[C@@H]1O[C@H](C)C[C@H](N(C)C)[C@H]1OC(C)=O)OC(C)=O. The Morgan fingerprint density at radius 3 is 2.50 bits per heavy atom. The van der Waals surface area contributed by atoms with E-state index in [1.807, 2.05) is 25.9 Å². The van der Waals surface area contributed by atoms with Crippen molar-refractivity contribution in [2.24, 2.45) is 0 Å². The molecule has 1 unspecified atom stereocenters. The van der Waals surface area contributed by atoms with Crippen LogP contribution in [0.3, 0.4) is 0 Å². The number of rotatable bonds is 7. The van der Waals surface area contributed by atoms with Crippen molar-refractivity contribution in [3.05, 3.63) is 0 Å². The molecule has 0 spiro atoms. The molecule has 136 valence electrons. The Morgan fingerprint density at radius 2 is 2.00 bits per heavy atom. The highest BCUT2D eigenvalue weighted by atomic mass is 16.7. The van der Waals surface area contributed by atoms with Gasteiger partial charge in [0.25, 0.3) is 0 Å². The number of esters is 2. The largest absolute Gasteiger partial charge is 0.455 e. The highest BCUT2D eigenvalue weighted by Gasteiger charge is 2.41. The Hall–Kier alpha value is -1.62. The third-order valence-electron chi connectivity index (χ3n) is 3.71. The second-order valence-corrected chi connectivity index (χ2v) is 6.08.